The molecule has 0 spiro atoms. The third-order valence-corrected chi connectivity index (χ3v) is 6.19. The summed E-state index contributed by atoms with van der Waals surface area (Å²) in [5, 5.41) is 3.21. The van der Waals surface area contributed by atoms with Gasteiger partial charge in [0.1, 0.15) is 17.0 Å². The molecule has 0 radical (unpaired) electrons. The molecular weight excluding hydrogens is 370 g/mol. The van der Waals surface area contributed by atoms with Gasteiger partial charge in [0.25, 0.3) is 5.91 Å². The zero-order valence-electron chi connectivity index (χ0n) is 17.1. The van der Waals surface area contributed by atoms with E-state index in [0.29, 0.717) is 37.6 Å². The maximum atomic E-state index is 13.4. The summed E-state index contributed by atoms with van der Waals surface area (Å²) in [6.07, 6.45) is 6.59. The number of rotatable bonds is 7. The fraction of sp³-hybridized carbons (Fsp3) is 0.545. The van der Waals surface area contributed by atoms with Gasteiger partial charge in [-0.15, -0.1) is 0 Å². The summed E-state index contributed by atoms with van der Waals surface area (Å²) in [5.74, 6) is 0.476. The number of furan rings is 1. The van der Waals surface area contributed by atoms with E-state index in [0.717, 1.165) is 31.4 Å². The molecule has 2 aromatic rings. The third-order valence-electron chi connectivity index (χ3n) is 6.19. The highest BCUT2D eigenvalue weighted by atomic mass is 16.5. The second kappa shape index (κ2) is 8.06. The van der Waals surface area contributed by atoms with E-state index >= 15 is 0 Å². The summed E-state index contributed by atoms with van der Waals surface area (Å²) in [4.78, 5) is 28.5. The minimum Gasteiger partial charge on any atom is -0.463 e. The Balaban J connectivity index is 1.68. The van der Waals surface area contributed by atoms with E-state index in [1.165, 1.54) is 0 Å². The van der Waals surface area contributed by atoms with Crippen molar-refractivity contribution in [3.63, 3.8) is 0 Å². The summed E-state index contributed by atoms with van der Waals surface area (Å²) in [7, 11) is 1.64. The number of fused-ring (bicyclic) bond motifs is 1. The van der Waals surface area contributed by atoms with Gasteiger partial charge in [-0.25, -0.2) is 0 Å². The number of hydrogen-bond donors (Lipinski definition) is 1. The minimum absolute atomic E-state index is 0.0834. The number of carbonyl (C=O) groups excluding carboxylic acids is 2. The van der Waals surface area contributed by atoms with Crippen LogP contribution < -0.4 is 5.32 Å². The average molecular weight is 399 g/mol. The quantitative estimate of drug-likeness (QED) is 0.726. The van der Waals surface area contributed by atoms with Crippen LogP contribution in [0.4, 0.5) is 0 Å². The van der Waals surface area contributed by atoms with E-state index in [-0.39, 0.29) is 17.9 Å². The molecule has 3 heterocycles. The average Bonchev–Trinajstić information content (AvgIpc) is 3.45. The monoisotopic (exact) mass is 399 g/mol. The second-order valence-electron chi connectivity index (χ2n) is 8.20. The Hall–Kier alpha value is -2.54. The van der Waals surface area contributed by atoms with Crippen LogP contribution >= 0.6 is 0 Å². The summed E-state index contributed by atoms with van der Waals surface area (Å²) >= 11 is 0. The van der Waals surface area contributed by atoms with Gasteiger partial charge in [0.15, 0.2) is 0 Å². The van der Waals surface area contributed by atoms with Crippen LogP contribution in [0.3, 0.4) is 0 Å². The Morgan fingerprint density at radius 3 is 2.72 bits per heavy atom. The second-order valence-corrected chi connectivity index (χ2v) is 8.20. The van der Waals surface area contributed by atoms with Crippen molar-refractivity contribution in [3.05, 3.63) is 36.2 Å². The first-order valence-electron chi connectivity index (χ1n) is 10.4. The Bertz CT molecular complexity index is 867. The molecular formula is C22H29N3O4. The Kier molecular flexibility index (Phi) is 5.50. The molecule has 1 saturated carbocycles. The molecule has 0 bridgehead atoms. The van der Waals surface area contributed by atoms with Gasteiger partial charge in [-0.05, 0) is 50.5 Å². The number of amides is 2. The molecule has 1 fully saturated rings. The molecule has 156 valence electrons. The number of hydrogen-bond acceptors (Lipinski definition) is 4. The Morgan fingerprint density at radius 2 is 2.03 bits per heavy atom. The first-order valence-corrected chi connectivity index (χ1v) is 10.4. The van der Waals surface area contributed by atoms with E-state index in [1.54, 1.807) is 18.3 Å². The van der Waals surface area contributed by atoms with Crippen LogP contribution in [0.15, 0.2) is 34.9 Å². The van der Waals surface area contributed by atoms with Crippen molar-refractivity contribution >= 4 is 11.8 Å². The van der Waals surface area contributed by atoms with Crippen molar-refractivity contribution in [2.45, 2.75) is 57.2 Å². The minimum atomic E-state index is -0.971. The van der Waals surface area contributed by atoms with E-state index in [2.05, 4.69) is 5.32 Å². The van der Waals surface area contributed by atoms with Gasteiger partial charge in [-0.2, -0.15) is 0 Å². The fourth-order valence-electron chi connectivity index (χ4n) is 4.54. The van der Waals surface area contributed by atoms with Gasteiger partial charge in [0.2, 0.25) is 5.91 Å². The molecule has 1 aliphatic carbocycles. The molecule has 29 heavy (non-hydrogen) atoms. The van der Waals surface area contributed by atoms with Gasteiger partial charge in [0.05, 0.1) is 18.5 Å². The Labute approximate surface area is 171 Å². The molecule has 1 unspecified atom stereocenters. The van der Waals surface area contributed by atoms with Crippen LogP contribution in [-0.4, -0.2) is 53.1 Å². The highest BCUT2D eigenvalue weighted by Crippen LogP contribution is 2.34. The van der Waals surface area contributed by atoms with Crippen molar-refractivity contribution in [2.24, 2.45) is 0 Å². The van der Waals surface area contributed by atoms with Crippen LogP contribution in [0, 0.1) is 0 Å². The topological polar surface area (TPSA) is 76.7 Å². The lowest BCUT2D eigenvalue weighted by Gasteiger charge is -2.44. The molecule has 2 amide bonds. The summed E-state index contributed by atoms with van der Waals surface area (Å²) in [6.45, 7) is 3.28. The zero-order valence-corrected chi connectivity index (χ0v) is 17.1. The largest absolute Gasteiger partial charge is 0.463 e. The van der Waals surface area contributed by atoms with Crippen molar-refractivity contribution in [3.8, 4) is 11.5 Å². The van der Waals surface area contributed by atoms with Crippen molar-refractivity contribution < 1.29 is 18.7 Å². The molecule has 1 atom stereocenters. The maximum absolute atomic E-state index is 13.4. The van der Waals surface area contributed by atoms with Crippen molar-refractivity contribution in [1.29, 1.82) is 0 Å². The number of nitrogens with zero attached hydrogens (tertiary/aromatic N) is 2. The SMILES string of the molecule is COCCCN1C(=O)c2ccc(-c3ccco3)n2CC1(C)C(=O)NC1CCCC1. The zero-order chi connectivity index (χ0) is 20.4. The van der Waals surface area contributed by atoms with Crippen LogP contribution in [-0.2, 0) is 16.1 Å². The molecule has 0 aromatic carbocycles. The third kappa shape index (κ3) is 3.59. The molecule has 7 heteroatoms. The lowest BCUT2D eigenvalue weighted by Crippen LogP contribution is -2.65. The molecule has 2 aliphatic rings. The molecule has 0 saturated heterocycles. The first kappa shape index (κ1) is 19.8. The molecule has 2 aromatic heterocycles. The van der Waals surface area contributed by atoms with Crippen LogP contribution in [0.25, 0.3) is 11.5 Å². The van der Waals surface area contributed by atoms with Crippen molar-refractivity contribution in [1.82, 2.24) is 14.8 Å². The van der Waals surface area contributed by atoms with Gasteiger partial charge >= 0.3 is 0 Å². The molecule has 7 nitrogen and oxygen atoms in total. The number of nitrogens with one attached hydrogen (secondary N) is 1. The predicted molar refractivity (Wildman–Crippen MR) is 108 cm³/mol. The predicted octanol–water partition coefficient (Wildman–Crippen LogP) is 3.06. The molecule has 1 N–H and O–H groups in total. The smallest absolute Gasteiger partial charge is 0.271 e. The van der Waals surface area contributed by atoms with Crippen LogP contribution in [0.1, 0.15) is 49.5 Å². The molecule has 1 aliphatic heterocycles. The standard InChI is InChI=1S/C22H29N3O4/c1-22(21(27)23-16-7-3-4-8-16)15-24-17(19-9-5-14-29-19)10-11-18(24)20(26)25(22)12-6-13-28-2/h5,9-11,14,16H,3-4,6-8,12-13,15H2,1-2H3,(H,23,27). The number of carbonyl (C=O) groups is 2. The van der Waals surface area contributed by atoms with Gasteiger partial charge in [-0.1, -0.05) is 12.8 Å². The maximum Gasteiger partial charge on any atom is 0.271 e. The molecule has 4 rings (SSSR count). The van der Waals surface area contributed by atoms with E-state index in [1.807, 2.05) is 35.8 Å². The van der Waals surface area contributed by atoms with E-state index < -0.39 is 5.54 Å². The van der Waals surface area contributed by atoms with Gasteiger partial charge < -0.3 is 23.9 Å². The lowest BCUT2D eigenvalue weighted by atomic mass is 9.93. The number of ether oxygens (including phenoxy) is 1. The van der Waals surface area contributed by atoms with E-state index in [4.69, 9.17) is 9.15 Å². The fourth-order valence-corrected chi connectivity index (χ4v) is 4.54. The Morgan fingerprint density at radius 1 is 1.28 bits per heavy atom. The van der Waals surface area contributed by atoms with E-state index in [9.17, 15) is 9.59 Å². The van der Waals surface area contributed by atoms with Crippen LogP contribution in [0.5, 0.6) is 0 Å². The lowest BCUT2D eigenvalue weighted by molar-refractivity contribution is -0.133. The number of aromatic nitrogens is 1. The normalized spacial score (nSPS) is 22.1. The highest BCUT2D eigenvalue weighted by Gasteiger charge is 2.48. The summed E-state index contributed by atoms with van der Waals surface area (Å²) < 4.78 is 12.6. The highest BCUT2D eigenvalue weighted by molar-refractivity contribution is 6.00. The van der Waals surface area contributed by atoms with Crippen LogP contribution in [0.2, 0.25) is 0 Å². The summed E-state index contributed by atoms with van der Waals surface area (Å²) in [6, 6.07) is 7.60. The summed E-state index contributed by atoms with van der Waals surface area (Å²) in [5.41, 5.74) is 0.426. The van der Waals surface area contributed by atoms with Gasteiger partial charge in [0, 0.05) is 26.3 Å². The van der Waals surface area contributed by atoms with Crippen molar-refractivity contribution in [2.75, 3.05) is 20.3 Å². The van der Waals surface area contributed by atoms with Gasteiger partial charge in [-0.3, -0.25) is 9.59 Å². The number of methoxy groups -OCH3 is 1. The first-order chi connectivity index (χ1) is 14.0.